The lowest BCUT2D eigenvalue weighted by Crippen LogP contribution is -2.43. The zero-order chi connectivity index (χ0) is 14.2. The molecule has 1 aliphatic carbocycles. The van der Waals surface area contributed by atoms with E-state index >= 15 is 0 Å². The van der Waals surface area contributed by atoms with Crippen molar-refractivity contribution >= 4 is 29.7 Å². The Labute approximate surface area is 134 Å². The number of amides is 1. The van der Waals surface area contributed by atoms with Crippen LogP contribution in [0.4, 0.5) is 0 Å². The van der Waals surface area contributed by atoms with Crippen molar-refractivity contribution in [2.24, 2.45) is 5.73 Å². The van der Waals surface area contributed by atoms with Crippen LogP contribution in [-0.4, -0.2) is 16.4 Å². The van der Waals surface area contributed by atoms with Gasteiger partial charge in [0.2, 0.25) is 5.91 Å². The smallest absolute Gasteiger partial charge is 0.240 e. The van der Waals surface area contributed by atoms with Gasteiger partial charge in [0.25, 0.3) is 0 Å². The number of thiazole rings is 1. The fourth-order valence-corrected chi connectivity index (χ4v) is 2.83. The number of halogens is 1. The lowest BCUT2D eigenvalue weighted by atomic mass is 10.2. The van der Waals surface area contributed by atoms with E-state index in [1.54, 1.807) is 11.3 Å². The highest BCUT2D eigenvalue weighted by atomic mass is 35.5. The van der Waals surface area contributed by atoms with Crippen LogP contribution in [-0.2, 0) is 4.79 Å². The van der Waals surface area contributed by atoms with E-state index in [4.69, 9.17) is 5.73 Å². The summed E-state index contributed by atoms with van der Waals surface area (Å²) in [5, 5.41) is 5.87. The third kappa shape index (κ3) is 3.43. The summed E-state index contributed by atoms with van der Waals surface area (Å²) in [5.74, 6) is -0.0681. The van der Waals surface area contributed by atoms with Crippen LogP contribution in [0.3, 0.4) is 0 Å². The number of hydrogen-bond acceptors (Lipinski definition) is 4. The number of nitrogens with two attached hydrogens (primary N) is 1. The Balaban J connectivity index is 0.00000161. The second-order valence-corrected chi connectivity index (χ2v) is 6.18. The quantitative estimate of drug-likeness (QED) is 0.909. The Morgan fingerprint density at radius 1 is 1.38 bits per heavy atom. The number of rotatable bonds is 4. The lowest BCUT2D eigenvalue weighted by Gasteiger charge is -2.14. The minimum absolute atomic E-state index is 0. The molecule has 3 rings (SSSR count). The zero-order valence-corrected chi connectivity index (χ0v) is 13.3. The van der Waals surface area contributed by atoms with Crippen molar-refractivity contribution in [3.05, 3.63) is 40.7 Å². The molecule has 0 bridgehead atoms. The van der Waals surface area contributed by atoms with E-state index in [1.807, 2.05) is 42.6 Å². The number of aromatic nitrogens is 1. The number of carbonyl (C=O) groups excluding carboxylic acids is 1. The molecule has 1 fully saturated rings. The molecule has 2 aromatic rings. The molecule has 1 aliphatic rings. The van der Waals surface area contributed by atoms with Gasteiger partial charge in [0.15, 0.2) is 0 Å². The fourth-order valence-electron chi connectivity index (χ4n) is 1.99. The van der Waals surface area contributed by atoms with Crippen LogP contribution in [0.25, 0.3) is 11.3 Å². The van der Waals surface area contributed by atoms with Gasteiger partial charge in [-0.2, -0.15) is 0 Å². The summed E-state index contributed by atoms with van der Waals surface area (Å²) in [6.45, 7) is 1.94. The number of nitrogens with zero attached hydrogens (tertiary/aromatic N) is 1. The Bertz CT molecular complexity index is 625. The van der Waals surface area contributed by atoms with E-state index in [0.717, 1.165) is 29.1 Å². The number of hydrogen-bond donors (Lipinski definition) is 2. The van der Waals surface area contributed by atoms with Gasteiger partial charge >= 0.3 is 0 Å². The zero-order valence-electron chi connectivity index (χ0n) is 11.7. The molecule has 1 heterocycles. The standard InChI is InChI=1S/C15H17N3OS.ClH/c1-10(17-14(19)15(16)7-8-15)13-18-12(9-20-13)11-5-3-2-4-6-11;/h2-6,9-10H,7-8,16H2,1H3,(H,17,19);1H. The Kier molecular flexibility index (Phi) is 4.66. The van der Waals surface area contributed by atoms with Gasteiger partial charge in [-0.05, 0) is 19.8 Å². The van der Waals surface area contributed by atoms with Crippen molar-refractivity contribution < 1.29 is 4.79 Å². The minimum Gasteiger partial charge on any atom is -0.346 e. The molecule has 4 nitrogen and oxygen atoms in total. The predicted molar refractivity (Wildman–Crippen MR) is 87.5 cm³/mol. The molecule has 0 saturated heterocycles. The molecule has 112 valence electrons. The first-order chi connectivity index (χ1) is 9.58. The van der Waals surface area contributed by atoms with Crippen LogP contribution in [0.2, 0.25) is 0 Å². The molecule has 0 aliphatic heterocycles. The highest BCUT2D eigenvalue weighted by Gasteiger charge is 2.46. The van der Waals surface area contributed by atoms with Gasteiger partial charge in [-0.25, -0.2) is 4.98 Å². The van der Waals surface area contributed by atoms with Crippen LogP contribution < -0.4 is 11.1 Å². The molecule has 1 amide bonds. The minimum atomic E-state index is -0.631. The maximum atomic E-state index is 11.9. The molecule has 21 heavy (non-hydrogen) atoms. The maximum absolute atomic E-state index is 11.9. The summed E-state index contributed by atoms with van der Waals surface area (Å²) < 4.78 is 0. The summed E-state index contributed by atoms with van der Waals surface area (Å²) in [4.78, 5) is 16.5. The Morgan fingerprint density at radius 3 is 2.67 bits per heavy atom. The molecule has 0 spiro atoms. The SMILES string of the molecule is CC(NC(=O)C1(N)CC1)c1nc(-c2ccccc2)cs1.Cl. The van der Waals surface area contributed by atoms with Crippen molar-refractivity contribution in [2.75, 3.05) is 0 Å². The van der Waals surface area contributed by atoms with Crippen LogP contribution in [0.15, 0.2) is 35.7 Å². The molecular formula is C15H18ClN3OS. The van der Waals surface area contributed by atoms with Crippen LogP contribution in [0.5, 0.6) is 0 Å². The highest BCUT2D eigenvalue weighted by molar-refractivity contribution is 7.10. The normalized spacial score (nSPS) is 16.7. The highest BCUT2D eigenvalue weighted by Crippen LogP contribution is 2.33. The van der Waals surface area contributed by atoms with Crippen molar-refractivity contribution in [3.8, 4) is 11.3 Å². The summed E-state index contributed by atoms with van der Waals surface area (Å²) in [6, 6.07) is 9.92. The molecular weight excluding hydrogens is 306 g/mol. The molecule has 1 saturated carbocycles. The molecule has 0 radical (unpaired) electrons. The van der Waals surface area contributed by atoms with Crippen LogP contribution in [0.1, 0.15) is 30.8 Å². The average Bonchev–Trinajstić information content (AvgIpc) is 3.04. The van der Waals surface area contributed by atoms with Gasteiger partial charge < -0.3 is 11.1 Å². The van der Waals surface area contributed by atoms with Crippen molar-refractivity contribution in [2.45, 2.75) is 31.3 Å². The summed E-state index contributed by atoms with van der Waals surface area (Å²) in [6.07, 6.45) is 1.55. The third-order valence-electron chi connectivity index (χ3n) is 3.55. The molecule has 1 unspecified atom stereocenters. The van der Waals surface area contributed by atoms with E-state index in [0.29, 0.717) is 0 Å². The maximum Gasteiger partial charge on any atom is 0.240 e. The second-order valence-electron chi connectivity index (χ2n) is 5.29. The topological polar surface area (TPSA) is 68.0 Å². The number of carbonyl (C=O) groups is 1. The Morgan fingerprint density at radius 2 is 2.05 bits per heavy atom. The summed E-state index contributed by atoms with van der Waals surface area (Å²) in [5.41, 5.74) is 7.29. The molecule has 1 atom stereocenters. The van der Waals surface area contributed by atoms with Gasteiger partial charge in [0.05, 0.1) is 17.3 Å². The van der Waals surface area contributed by atoms with E-state index in [-0.39, 0.29) is 24.4 Å². The van der Waals surface area contributed by atoms with Crippen molar-refractivity contribution in [1.29, 1.82) is 0 Å². The van der Waals surface area contributed by atoms with Crippen LogP contribution >= 0.6 is 23.7 Å². The Hall–Kier alpha value is -1.43. The van der Waals surface area contributed by atoms with Gasteiger partial charge in [-0.1, -0.05) is 30.3 Å². The first-order valence-electron chi connectivity index (χ1n) is 6.69. The number of benzene rings is 1. The molecule has 3 N–H and O–H groups in total. The van der Waals surface area contributed by atoms with E-state index in [9.17, 15) is 4.79 Å². The molecule has 1 aromatic heterocycles. The second kappa shape index (κ2) is 6.13. The van der Waals surface area contributed by atoms with Gasteiger partial charge in [-0.15, -0.1) is 23.7 Å². The van der Waals surface area contributed by atoms with Crippen molar-refractivity contribution in [3.63, 3.8) is 0 Å². The van der Waals surface area contributed by atoms with E-state index in [1.165, 1.54) is 0 Å². The van der Waals surface area contributed by atoms with Gasteiger partial charge in [-0.3, -0.25) is 4.79 Å². The third-order valence-corrected chi connectivity index (χ3v) is 4.58. The van der Waals surface area contributed by atoms with Crippen LogP contribution in [0, 0.1) is 0 Å². The molecule has 6 heteroatoms. The van der Waals surface area contributed by atoms with Gasteiger partial charge in [0.1, 0.15) is 5.01 Å². The van der Waals surface area contributed by atoms with Gasteiger partial charge in [0, 0.05) is 10.9 Å². The monoisotopic (exact) mass is 323 g/mol. The first kappa shape index (κ1) is 15.9. The first-order valence-corrected chi connectivity index (χ1v) is 7.57. The lowest BCUT2D eigenvalue weighted by molar-refractivity contribution is -0.123. The number of nitrogens with one attached hydrogen (secondary N) is 1. The fraction of sp³-hybridized carbons (Fsp3) is 0.333. The van der Waals surface area contributed by atoms with Crippen molar-refractivity contribution in [1.82, 2.24) is 10.3 Å². The largest absolute Gasteiger partial charge is 0.346 e. The van der Waals surface area contributed by atoms with E-state index in [2.05, 4.69) is 10.3 Å². The summed E-state index contributed by atoms with van der Waals surface area (Å²) in [7, 11) is 0. The summed E-state index contributed by atoms with van der Waals surface area (Å²) >= 11 is 1.56. The predicted octanol–water partition coefficient (Wildman–Crippen LogP) is 2.90. The average molecular weight is 324 g/mol. The van der Waals surface area contributed by atoms with E-state index < -0.39 is 5.54 Å². The molecule has 1 aromatic carbocycles.